The van der Waals surface area contributed by atoms with Gasteiger partial charge in [0.15, 0.2) is 11.6 Å². The van der Waals surface area contributed by atoms with Crippen molar-refractivity contribution in [2.75, 3.05) is 37.7 Å². The van der Waals surface area contributed by atoms with E-state index in [1.807, 2.05) is 17.9 Å². The van der Waals surface area contributed by atoms with Crippen molar-refractivity contribution in [2.45, 2.75) is 31.9 Å². The largest absolute Gasteiger partial charge is 0.370 e. The number of morpholine rings is 1. The standard InChI is InChI=1S/C20H25FN4O/c1-16-5-2-6-17(23-16)13-24-11-12-26-20(14-24)8-4-10-25(15-20)19-18(21)7-3-9-22-19/h2-3,5-7,9H,4,8,10-15H2,1H3/t20-/m1/s1. The fourth-order valence-corrected chi connectivity index (χ4v) is 4.11. The van der Waals surface area contributed by atoms with E-state index in [0.29, 0.717) is 19.0 Å². The number of nitrogens with zero attached hydrogens (tertiary/aromatic N) is 4. The van der Waals surface area contributed by atoms with Crippen molar-refractivity contribution >= 4 is 5.82 Å². The number of hydrogen-bond acceptors (Lipinski definition) is 5. The summed E-state index contributed by atoms with van der Waals surface area (Å²) in [6, 6.07) is 9.25. The molecular formula is C20H25FN4O. The van der Waals surface area contributed by atoms with Crippen LogP contribution >= 0.6 is 0 Å². The van der Waals surface area contributed by atoms with Crippen LogP contribution < -0.4 is 4.90 Å². The van der Waals surface area contributed by atoms with Crippen LogP contribution in [0, 0.1) is 12.7 Å². The van der Waals surface area contributed by atoms with Crippen LogP contribution in [-0.4, -0.2) is 53.3 Å². The van der Waals surface area contributed by atoms with Gasteiger partial charge in [-0.1, -0.05) is 6.07 Å². The number of anilines is 1. The third kappa shape index (κ3) is 3.71. The number of rotatable bonds is 3. The van der Waals surface area contributed by atoms with E-state index >= 15 is 0 Å². The van der Waals surface area contributed by atoms with Gasteiger partial charge < -0.3 is 9.64 Å². The smallest absolute Gasteiger partial charge is 0.165 e. The summed E-state index contributed by atoms with van der Waals surface area (Å²) in [5.74, 6) is 0.175. The predicted molar refractivity (Wildman–Crippen MR) is 98.6 cm³/mol. The fourth-order valence-electron chi connectivity index (χ4n) is 4.11. The Labute approximate surface area is 153 Å². The predicted octanol–water partition coefficient (Wildman–Crippen LogP) is 2.80. The van der Waals surface area contributed by atoms with Crippen molar-refractivity contribution in [2.24, 2.45) is 0 Å². The SMILES string of the molecule is Cc1cccc(CN2CCO[C@]3(CCCN(c4ncccc4F)C3)C2)n1. The van der Waals surface area contributed by atoms with Crippen molar-refractivity contribution in [3.05, 3.63) is 53.7 Å². The maximum atomic E-state index is 14.2. The van der Waals surface area contributed by atoms with Gasteiger partial charge in [-0.2, -0.15) is 0 Å². The molecule has 1 atom stereocenters. The Morgan fingerprint density at radius 1 is 1.19 bits per heavy atom. The van der Waals surface area contributed by atoms with E-state index in [2.05, 4.69) is 27.0 Å². The Bertz CT molecular complexity index is 767. The lowest BCUT2D eigenvalue weighted by molar-refractivity contribution is -0.116. The summed E-state index contributed by atoms with van der Waals surface area (Å²) in [6.45, 7) is 6.78. The van der Waals surface area contributed by atoms with Crippen LogP contribution in [0.5, 0.6) is 0 Å². The second-order valence-electron chi connectivity index (χ2n) is 7.35. The van der Waals surface area contributed by atoms with Gasteiger partial charge in [0.05, 0.1) is 17.9 Å². The van der Waals surface area contributed by atoms with Crippen LogP contribution in [0.15, 0.2) is 36.5 Å². The molecule has 2 aliphatic rings. The maximum absolute atomic E-state index is 14.2. The third-order valence-electron chi connectivity index (χ3n) is 5.24. The molecule has 26 heavy (non-hydrogen) atoms. The van der Waals surface area contributed by atoms with Gasteiger partial charge in [0, 0.05) is 44.6 Å². The molecule has 0 amide bonds. The highest BCUT2D eigenvalue weighted by atomic mass is 19.1. The molecule has 0 aliphatic carbocycles. The Hall–Kier alpha value is -2.05. The lowest BCUT2D eigenvalue weighted by Crippen LogP contribution is -2.59. The van der Waals surface area contributed by atoms with Gasteiger partial charge in [-0.15, -0.1) is 0 Å². The molecule has 2 fully saturated rings. The zero-order valence-electron chi connectivity index (χ0n) is 15.2. The molecule has 4 heterocycles. The normalized spacial score (nSPS) is 24.2. The number of ether oxygens (including phenoxy) is 1. The van der Waals surface area contributed by atoms with Gasteiger partial charge in [-0.3, -0.25) is 9.88 Å². The molecule has 6 heteroatoms. The van der Waals surface area contributed by atoms with Crippen molar-refractivity contribution in [1.82, 2.24) is 14.9 Å². The van der Waals surface area contributed by atoms with Crippen molar-refractivity contribution in [1.29, 1.82) is 0 Å². The first-order valence-corrected chi connectivity index (χ1v) is 9.28. The highest BCUT2D eigenvalue weighted by molar-refractivity contribution is 5.41. The van der Waals surface area contributed by atoms with Gasteiger partial charge >= 0.3 is 0 Å². The summed E-state index contributed by atoms with van der Waals surface area (Å²) in [6.07, 6.45) is 3.62. The molecule has 0 unspecified atom stereocenters. The topological polar surface area (TPSA) is 41.5 Å². The Morgan fingerprint density at radius 3 is 2.96 bits per heavy atom. The van der Waals surface area contributed by atoms with Crippen molar-refractivity contribution in [3.63, 3.8) is 0 Å². The summed E-state index contributed by atoms with van der Waals surface area (Å²) < 4.78 is 20.4. The Morgan fingerprint density at radius 2 is 2.12 bits per heavy atom. The van der Waals surface area contributed by atoms with E-state index in [-0.39, 0.29) is 11.4 Å². The Balaban J connectivity index is 1.48. The first-order valence-electron chi connectivity index (χ1n) is 9.28. The molecule has 0 bridgehead atoms. The van der Waals surface area contributed by atoms with Gasteiger partial charge in [-0.25, -0.2) is 9.37 Å². The second-order valence-corrected chi connectivity index (χ2v) is 7.35. The molecular weight excluding hydrogens is 331 g/mol. The van der Waals surface area contributed by atoms with Gasteiger partial charge in [0.25, 0.3) is 0 Å². The van der Waals surface area contributed by atoms with Crippen LogP contribution in [0.2, 0.25) is 0 Å². The minimum atomic E-state index is -0.263. The Kier molecular flexibility index (Phi) is 4.87. The second kappa shape index (κ2) is 7.29. The summed E-state index contributed by atoms with van der Waals surface area (Å²) in [4.78, 5) is 13.3. The average molecular weight is 356 g/mol. The zero-order valence-corrected chi connectivity index (χ0v) is 15.2. The first-order chi connectivity index (χ1) is 12.6. The number of piperidine rings is 1. The van der Waals surface area contributed by atoms with E-state index in [1.54, 1.807) is 12.3 Å². The average Bonchev–Trinajstić information content (AvgIpc) is 2.62. The lowest BCUT2D eigenvalue weighted by Gasteiger charge is -2.48. The highest BCUT2D eigenvalue weighted by Crippen LogP contribution is 2.32. The number of pyridine rings is 2. The number of aromatic nitrogens is 2. The molecule has 2 aliphatic heterocycles. The first kappa shape index (κ1) is 17.4. The molecule has 138 valence electrons. The van der Waals surface area contributed by atoms with E-state index in [0.717, 1.165) is 50.4 Å². The molecule has 0 radical (unpaired) electrons. The molecule has 2 aromatic rings. The van der Waals surface area contributed by atoms with Crippen LogP contribution in [0.1, 0.15) is 24.2 Å². The van der Waals surface area contributed by atoms with Crippen molar-refractivity contribution in [3.8, 4) is 0 Å². The number of aryl methyl sites for hydroxylation is 1. The monoisotopic (exact) mass is 356 g/mol. The van der Waals surface area contributed by atoms with E-state index in [9.17, 15) is 4.39 Å². The van der Waals surface area contributed by atoms with Gasteiger partial charge in [0.2, 0.25) is 0 Å². The minimum Gasteiger partial charge on any atom is -0.370 e. The van der Waals surface area contributed by atoms with Crippen LogP contribution in [-0.2, 0) is 11.3 Å². The van der Waals surface area contributed by atoms with Crippen LogP contribution in [0.4, 0.5) is 10.2 Å². The number of halogens is 1. The van der Waals surface area contributed by atoms with Crippen molar-refractivity contribution < 1.29 is 9.13 Å². The third-order valence-corrected chi connectivity index (χ3v) is 5.24. The van der Waals surface area contributed by atoms with Gasteiger partial charge in [-0.05, 0) is 44.0 Å². The number of hydrogen-bond donors (Lipinski definition) is 0. The minimum absolute atomic E-state index is 0.260. The van der Waals surface area contributed by atoms with Gasteiger partial charge in [0.1, 0.15) is 0 Å². The van der Waals surface area contributed by atoms with E-state index in [4.69, 9.17) is 4.74 Å². The molecule has 0 saturated carbocycles. The molecule has 1 spiro atoms. The quantitative estimate of drug-likeness (QED) is 0.846. The molecule has 5 nitrogen and oxygen atoms in total. The summed E-state index contributed by atoms with van der Waals surface area (Å²) >= 11 is 0. The summed E-state index contributed by atoms with van der Waals surface area (Å²) in [7, 11) is 0. The lowest BCUT2D eigenvalue weighted by atomic mass is 9.90. The molecule has 2 aromatic heterocycles. The zero-order chi connectivity index (χ0) is 18.0. The molecule has 4 rings (SSSR count). The molecule has 2 saturated heterocycles. The summed E-state index contributed by atoms with van der Waals surface area (Å²) in [5.41, 5.74) is 1.87. The molecule has 0 aromatic carbocycles. The fraction of sp³-hybridized carbons (Fsp3) is 0.500. The van der Waals surface area contributed by atoms with E-state index < -0.39 is 0 Å². The molecule has 0 N–H and O–H groups in total. The summed E-state index contributed by atoms with van der Waals surface area (Å²) in [5, 5.41) is 0. The van der Waals surface area contributed by atoms with E-state index in [1.165, 1.54) is 6.07 Å². The maximum Gasteiger partial charge on any atom is 0.165 e. The highest BCUT2D eigenvalue weighted by Gasteiger charge is 2.41. The van der Waals surface area contributed by atoms with Crippen LogP contribution in [0.25, 0.3) is 0 Å². The van der Waals surface area contributed by atoms with Crippen LogP contribution in [0.3, 0.4) is 0 Å².